The number of hydrogen-bond donors (Lipinski definition) is 2. The first-order chi connectivity index (χ1) is 15.1. The highest BCUT2D eigenvalue weighted by molar-refractivity contribution is 5.97. The van der Waals surface area contributed by atoms with E-state index in [4.69, 9.17) is 4.74 Å². The third-order valence-electron chi connectivity index (χ3n) is 5.24. The Bertz CT molecular complexity index is 1080. The van der Waals surface area contributed by atoms with E-state index in [0.29, 0.717) is 23.6 Å². The first kappa shape index (κ1) is 20.5. The zero-order chi connectivity index (χ0) is 21.6. The summed E-state index contributed by atoms with van der Waals surface area (Å²) in [6, 6.07) is 22.5. The molecule has 3 aromatic rings. The number of para-hydroxylation sites is 3. The smallest absolute Gasteiger partial charge is 0.243 e. The Kier molecular flexibility index (Phi) is 6.17. The molecular formula is C25H25N3O3. The fourth-order valence-electron chi connectivity index (χ4n) is 3.65. The SMILES string of the molecule is Cc1c(NCC(=O)Nc2ccccc2Oc2ccccc2)cccc1N1CCCC1=O. The Hall–Kier alpha value is -3.80. The van der Waals surface area contributed by atoms with Crippen molar-refractivity contribution in [3.8, 4) is 11.5 Å². The van der Waals surface area contributed by atoms with Gasteiger partial charge < -0.3 is 20.3 Å². The van der Waals surface area contributed by atoms with Crippen LogP contribution >= 0.6 is 0 Å². The lowest BCUT2D eigenvalue weighted by atomic mass is 10.1. The third-order valence-corrected chi connectivity index (χ3v) is 5.24. The first-order valence-electron chi connectivity index (χ1n) is 10.4. The van der Waals surface area contributed by atoms with Crippen molar-refractivity contribution in [2.24, 2.45) is 0 Å². The van der Waals surface area contributed by atoms with Crippen molar-refractivity contribution in [2.75, 3.05) is 28.6 Å². The summed E-state index contributed by atoms with van der Waals surface area (Å²) in [4.78, 5) is 26.5. The number of benzene rings is 3. The van der Waals surface area contributed by atoms with Gasteiger partial charge >= 0.3 is 0 Å². The second-order valence-corrected chi connectivity index (χ2v) is 7.41. The number of nitrogens with zero attached hydrogens (tertiary/aromatic N) is 1. The molecule has 6 nitrogen and oxygen atoms in total. The fraction of sp³-hybridized carbons (Fsp3) is 0.200. The maximum absolute atomic E-state index is 12.6. The molecule has 0 radical (unpaired) electrons. The molecule has 2 amide bonds. The largest absolute Gasteiger partial charge is 0.455 e. The molecule has 1 aliphatic rings. The van der Waals surface area contributed by atoms with E-state index in [2.05, 4.69) is 10.6 Å². The molecule has 31 heavy (non-hydrogen) atoms. The van der Waals surface area contributed by atoms with Crippen LogP contribution in [0.4, 0.5) is 17.1 Å². The van der Waals surface area contributed by atoms with Gasteiger partial charge in [0.25, 0.3) is 0 Å². The maximum atomic E-state index is 12.6. The standard InChI is InChI=1S/C25H25N3O3/c1-18-20(12-7-13-22(18)28-16-8-15-25(28)30)26-17-24(29)27-21-11-5-6-14-23(21)31-19-9-3-2-4-10-19/h2-7,9-14,26H,8,15-17H2,1H3,(H,27,29). The molecular weight excluding hydrogens is 390 g/mol. The van der Waals surface area contributed by atoms with Crippen LogP contribution in [0.2, 0.25) is 0 Å². The highest BCUT2D eigenvalue weighted by Gasteiger charge is 2.23. The van der Waals surface area contributed by atoms with Crippen molar-refractivity contribution < 1.29 is 14.3 Å². The molecule has 2 N–H and O–H groups in total. The Labute approximate surface area is 181 Å². The maximum Gasteiger partial charge on any atom is 0.243 e. The Morgan fingerprint density at radius 1 is 0.968 bits per heavy atom. The second-order valence-electron chi connectivity index (χ2n) is 7.41. The van der Waals surface area contributed by atoms with Crippen molar-refractivity contribution >= 4 is 28.9 Å². The van der Waals surface area contributed by atoms with Gasteiger partial charge in [0.15, 0.2) is 5.75 Å². The highest BCUT2D eigenvalue weighted by Crippen LogP contribution is 2.31. The average molecular weight is 415 g/mol. The number of anilines is 3. The lowest BCUT2D eigenvalue weighted by molar-refractivity contribution is -0.117. The van der Waals surface area contributed by atoms with E-state index in [-0.39, 0.29) is 18.4 Å². The molecule has 1 aliphatic heterocycles. The molecule has 0 aromatic heterocycles. The lowest BCUT2D eigenvalue weighted by Gasteiger charge is -2.21. The molecule has 1 saturated heterocycles. The minimum absolute atomic E-state index is 0.0951. The minimum atomic E-state index is -0.189. The lowest BCUT2D eigenvalue weighted by Crippen LogP contribution is -2.25. The van der Waals surface area contributed by atoms with Crippen LogP contribution in [0.25, 0.3) is 0 Å². The zero-order valence-electron chi connectivity index (χ0n) is 17.4. The van der Waals surface area contributed by atoms with Gasteiger partial charge in [-0.1, -0.05) is 36.4 Å². The summed E-state index contributed by atoms with van der Waals surface area (Å²) in [5.41, 5.74) is 3.29. The van der Waals surface area contributed by atoms with Crippen molar-refractivity contribution in [1.29, 1.82) is 0 Å². The number of carbonyl (C=O) groups is 2. The Balaban J connectivity index is 1.41. The number of nitrogens with one attached hydrogen (secondary N) is 2. The summed E-state index contributed by atoms with van der Waals surface area (Å²) in [5.74, 6) is 1.23. The molecule has 0 aliphatic carbocycles. The van der Waals surface area contributed by atoms with E-state index < -0.39 is 0 Å². The van der Waals surface area contributed by atoms with E-state index in [9.17, 15) is 9.59 Å². The van der Waals surface area contributed by atoms with Crippen molar-refractivity contribution in [3.63, 3.8) is 0 Å². The Morgan fingerprint density at radius 3 is 2.48 bits per heavy atom. The number of hydrogen-bond acceptors (Lipinski definition) is 4. The molecule has 3 aromatic carbocycles. The molecule has 158 valence electrons. The molecule has 1 heterocycles. The zero-order valence-corrected chi connectivity index (χ0v) is 17.4. The quantitative estimate of drug-likeness (QED) is 0.572. The summed E-state index contributed by atoms with van der Waals surface area (Å²) < 4.78 is 5.90. The van der Waals surface area contributed by atoms with Gasteiger partial charge in [-0.3, -0.25) is 9.59 Å². The van der Waals surface area contributed by atoms with Gasteiger partial charge in [0.2, 0.25) is 11.8 Å². The summed E-state index contributed by atoms with van der Waals surface area (Å²) in [6.45, 7) is 2.80. The monoisotopic (exact) mass is 415 g/mol. The van der Waals surface area contributed by atoms with Gasteiger partial charge in [-0.25, -0.2) is 0 Å². The first-order valence-corrected chi connectivity index (χ1v) is 10.4. The molecule has 6 heteroatoms. The van der Waals surface area contributed by atoms with E-state index in [1.807, 2.05) is 78.6 Å². The molecule has 1 fully saturated rings. The molecule has 0 saturated carbocycles. The van der Waals surface area contributed by atoms with E-state index in [0.717, 1.165) is 29.9 Å². The van der Waals surface area contributed by atoms with Gasteiger partial charge in [-0.05, 0) is 55.3 Å². The van der Waals surface area contributed by atoms with Crippen LogP contribution in [-0.4, -0.2) is 24.9 Å². The van der Waals surface area contributed by atoms with E-state index >= 15 is 0 Å². The van der Waals surface area contributed by atoms with Gasteiger partial charge in [0, 0.05) is 24.3 Å². The average Bonchev–Trinajstić information content (AvgIpc) is 3.21. The number of ether oxygens (including phenoxy) is 1. The second kappa shape index (κ2) is 9.34. The molecule has 0 bridgehead atoms. The van der Waals surface area contributed by atoms with E-state index in [1.165, 1.54) is 0 Å². The number of rotatable bonds is 7. The third kappa shape index (κ3) is 4.86. The summed E-state index contributed by atoms with van der Waals surface area (Å²) in [5, 5.41) is 6.10. The highest BCUT2D eigenvalue weighted by atomic mass is 16.5. The van der Waals surface area contributed by atoms with Gasteiger partial charge in [-0.2, -0.15) is 0 Å². The van der Waals surface area contributed by atoms with Crippen molar-refractivity contribution in [3.05, 3.63) is 78.4 Å². The van der Waals surface area contributed by atoms with Gasteiger partial charge in [0.05, 0.1) is 12.2 Å². The predicted molar refractivity (Wildman–Crippen MR) is 123 cm³/mol. The van der Waals surface area contributed by atoms with Crippen LogP contribution < -0.4 is 20.3 Å². The molecule has 0 unspecified atom stereocenters. The summed E-state index contributed by atoms with van der Waals surface area (Å²) >= 11 is 0. The normalized spacial score (nSPS) is 13.2. The van der Waals surface area contributed by atoms with Crippen LogP contribution in [0.15, 0.2) is 72.8 Å². The van der Waals surface area contributed by atoms with Gasteiger partial charge in [-0.15, -0.1) is 0 Å². The minimum Gasteiger partial charge on any atom is -0.455 e. The molecule has 4 rings (SSSR count). The summed E-state index contributed by atoms with van der Waals surface area (Å²) in [7, 11) is 0. The number of amides is 2. The van der Waals surface area contributed by atoms with E-state index in [1.54, 1.807) is 6.07 Å². The topological polar surface area (TPSA) is 70.7 Å². The van der Waals surface area contributed by atoms with Crippen LogP contribution in [0.3, 0.4) is 0 Å². The number of carbonyl (C=O) groups excluding carboxylic acids is 2. The predicted octanol–water partition coefficient (Wildman–Crippen LogP) is 4.96. The van der Waals surface area contributed by atoms with Crippen LogP contribution in [0, 0.1) is 6.92 Å². The Morgan fingerprint density at radius 2 is 1.71 bits per heavy atom. The van der Waals surface area contributed by atoms with Crippen molar-refractivity contribution in [2.45, 2.75) is 19.8 Å². The summed E-state index contributed by atoms with van der Waals surface area (Å²) in [6.07, 6.45) is 1.47. The fourth-order valence-corrected chi connectivity index (χ4v) is 3.65. The van der Waals surface area contributed by atoms with Crippen molar-refractivity contribution in [1.82, 2.24) is 0 Å². The van der Waals surface area contributed by atoms with Crippen LogP contribution in [0.1, 0.15) is 18.4 Å². The van der Waals surface area contributed by atoms with Gasteiger partial charge in [0.1, 0.15) is 5.75 Å². The van der Waals surface area contributed by atoms with Crippen LogP contribution in [0.5, 0.6) is 11.5 Å². The molecule has 0 atom stereocenters. The molecule has 0 spiro atoms. The van der Waals surface area contributed by atoms with Crippen LogP contribution in [-0.2, 0) is 9.59 Å².